The van der Waals surface area contributed by atoms with Crippen LogP contribution in [0.4, 0.5) is 0 Å². The molecule has 134 valence electrons. The number of benzene rings is 2. The molecule has 1 heterocycles. The van der Waals surface area contributed by atoms with E-state index in [0.717, 1.165) is 22.6 Å². The molecule has 0 radical (unpaired) electrons. The first-order chi connectivity index (χ1) is 12.5. The molecule has 0 aliphatic rings. The molecule has 0 saturated heterocycles. The topological polar surface area (TPSA) is 64.4 Å². The number of amides is 1. The van der Waals surface area contributed by atoms with Gasteiger partial charge < -0.3 is 14.6 Å². The van der Waals surface area contributed by atoms with Gasteiger partial charge >= 0.3 is 0 Å². The first kappa shape index (κ1) is 17.7. The summed E-state index contributed by atoms with van der Waals surface area (Å²) in [6, 6.07) is 16.9. The summed E-state index contributed by atoms with van der Waals surface area (Å²) in [5.74, 6) is 1.24. The highest BCUT2D eigenvalue weighted by Gasteiger charge is 2.13. The van der Waals surface area contributed by atoms with E-state index in [9.17, 15) is 4.79 Å². The fourth-order valence-corrected chi connectivity index (χ4v) is 2.70. The quantitative estimate of drug-likeness (QED) is 0.717. The standard InChI is InChI=1S/C21H22N2O3/c1-14(17-8-5-4-6-9-17)22-21(24)18-10-7-11-19(12-18)25-13-20-15(2)23-26-16(20)3/h4-12,14H,13H2,1-3H3,(H,22,24)/t14-/m1/s1. The molecular weight excluding hydrogens is 328 g/mol. The molecule has 0 bridgehead atoms. The van der Waals surface area contributed by atoms with Crippen LogP contribution in [0.3, 0.4) is 0 Å². The Morgan fingerprint density at radius 1 is 1.15 bits per heavy atom. The van der Waals surface area contributed by atoms with Crippen molar-refractivity contribution in [1.82, 2.24) is 10.5 Å². The Hall–Kier alpha value is -3.08. The van der Waals surface area contributed by atoms with Crippen LogP contribution < -0.4 is 10.1 Å². The molecule has 0 aliphatic heterocycles. The van der Waals surface area contributed by atoms with Crippen LogP contribution in [0.25, 0.3) is 0 Å². The summed E-state index contributed by atoms with van der Waals surface area (Å²) in [5.41, 5.74) is 3.36. The smallest absolute Gasteiger partial charge is 0.251 e. The molecule has 0 saturated carbocycles. The first-order valence-corrected chi connectivity index (χ1v) is 8.55. The second-order valence-electron chi connectivity index (χ2n) is 6.23. The first-order valence-electron chi connectivity index (χ1n) is 8.55. The molecule has 5 heteroatoms. The average Bonchev–Trinajstić information content (AvgIpc) is 2.98. The van der Waals surface area contributed by atoms with E-state index in [2.05, 4.69) is 10.5 Å². The highest BCUT2D eigenvalue weighted by Crippen LogP contribution is 2.19. The fraction of sp³-hybridized carbons (Fsp3) is 0.238. The lowest BCUT2D eigenvalue weighted by atomic mass is 10.1. The van der Waals surface area contributed by atoms with Crippen molar-refractivity contribution in [3.8, 4) is 5.75 Å². The van der Waals surface area contributed by atoms with Crippen LogP contribution >= 0.6 is 0 Å². The number of aromatic nitrogens is 1. The van der Waals surface area contributed by atoms with Gasteiger partial charge in [0.05, 0.1) is 17.3 Å². The van der Waals surface area contributed by atoms with Crippen LogP contribution in [0.15, 0.2) is 59.1 Å². The molecule has 0 spiro atoms. The van der Waals surface area contributed by atoms with Crippen LogP contribution in [0.1, 0.15) is 45.9 Å². The number of ether oxygens (including phenoxy) is 1. The normalized spacial score (nSPS) is 11.8. The Bertz CT molecular complexity index is 868. The van der Waals surface area contributed by atoms with Gasteiger partial charge in [0.25, 0.3) is 5.91 Å². The van der Waals surface area contributed by atoms with Crippen molar-refractivity contribution < 1.29 is 14.1 Å². The summed E-state index contributed by atoms with van der Waals surface area (Å²) in [6.07, 6.45) is 0. The van der Waals surface area contributed by atoms with Gasteiger partial charge in [0.1, 0.15) is 18.1 Å². The molecule has 1 N–H and O–H groups in total. The molecule has 2 aromatic carbocycles. The maximum absolute atomic E-state index is 12.5. The van der Waals surface area contributed by atoms with Gasteiger partial charge in [-0.3, -0.25) is 4.79 Å². The third-order valence-electron chi connectivity index (χ3n) is 4.31. The molecule has 0 aliphatic carbocycles. The Balaban J connectivity index is 1.66. The van der Waals surface area contributed by atoms with Gasteiger partial charge in [0.15, 0.2) is 0 Å². The van der Waals surface area contributed by atoms with Crippen LogP contribution in [-0.4, -0.2) is 11.1 Å². The van der Waals surface area contributed by atoms with Crippen molar-refractivity contribution in [2.75, 3.05) is 0 Å². The zero-order chi connectivity index (χ0) is 18.5. The van der Waals surface area contributed by atoms with Crippen molar-refractivity contribution >= 4 is 5.91 Å². The number of nitrogens with one attached hydrogen (secondary N) is 1. The number of rotatable bonds is 6. The van der Waals surface area contributed by atoms with Crippen LogP contribution in [-0.2, 0) is 6.61 Å². The zero-order valence-corrected chi connectivity index (χ0v) is 15.2. The van der Waals surface area contributed by atoms with Crippen LogP contribution in [0, 0.1) is 13.8 Å². The van der Waals surface area contributed by atoms with Gasteiger partial charge in [0, 0.05) is 5.56 Å². The number of nitrogens with zero attached hydrogens (tertiary/aromatic N) is 1. The lowest BCUT2D eigenvalue weighted by molar-refractivity contribution is 0.0939. The largest absolute Gasteiger partial charge is 0.489 e. The van der Waals surface area contributed by atoms with Gasteiger partial charge in [0.2, 0.25) is 0 Å². The van der Waals surface area contributed by atoms with E-state index in [1.807, 2.05) is 63.2 Å². The van der Waals surface area contributed by atoms with Crippen molar-refractivity contribution in [2.24, 2.45) is 0 Å². The molecular formula is C21H22N2O3. The number of hydrogen-bond donors (Lipinski definition) is 1. The molecule has 3 aromatic rings. The lowest BCUT2D eigenvalue weighted by Gasteiger charge is -2.15. The van der Waals surface area contributed by atoms with Crippen LogP contribution in [0.5, 0.6) is 5.75 Å². The lowest BCUT2D eigenvalue weighted by Crippen LogP contribution is -2.26. The SMILES string of the molecule is Cc1noc(C)c1COc1cccc(C(=O)N[C@H](C)c2ccccc2)c1. The number of aryl methyl sites for hydroxylation is 2. The van der Waals surface area contributed by atoms with Crippen molar-refractivity contribution in [3.63, 3.8) is 0 Å². The summed E-state index contributed by atoms with van der Waals surface area (Å²) in [7, 11) is 0. The van der Waals surface area contributed by atoms with Gasteiger partial charge in [-0.15, -0.1) is 0 Å². The summed E-state index contributed by atoms with van der Waals surface area (Å²) in [5, 5.41) is 6.92. The van der Waals surface area contributed by atoms with E-state index in [4.69, 9.17) is 9.26 Å². The van der Waals surface area contributed by atoms with Gasteiger partial charge in [-0.2, -0.15) is 0 Å². The third kappa shape index (κ3) is 4.11. The van der Waals surface area contributed by atoms with Gasteiger partial charge in [-0.05, 0) is 44.5 Å². The molecule has 3 rings (SSSR count). The highest BCUT2D eigenvalue weighted by atomic mass is 16.5. The van der Waals surface area contributed by atoms with Crippen molar-refractivity contribution in [3.05, 3.63) is 82.7 Å². The van der Waals surface area contributed by atoms with E-state index < -0.39 is 0 Å². The van der Waals surface area contributed by atoms with Gasteiger partial charge in [-0.1, -0.05) is 41.6 Å². The molecule has 1 atom stereocenters. The minimum atomic E-state index is -0.135. The Kier molecular flexibility index (Phi) is 5.37. The van der Waals surface area contributed by atoms with E-state index >= 15 is 0 Å². The Labute approximate surface area is 153 Å². The second kappa shape index (κ2) is 7.87. The molecule has 0 fully saturated rings. The predicted octanol–water partition coefficient (Wildman–Crippen LogP) is 4.36. The number of carbonyl (C=O) groups excluding carboxylic acids is 1. The third-order valence-corrected chi connectivity index (χ3v) is 4.31. The fourth-order valence-electron chi connectivity index (χ4n) is 2.70. The van der Waals surface area contributed by atoms with Crippen molar-refractivity contribution in [1.29, 1.82) is 0 Å². The molecule has 1 aromatic heterocycles. The van der Waals surface area contributed by atoms with E-state index in [1.54, 1.807) is 12.1 Å². The average molecular weight is 350 g/mol. The minimum Gasteiger partial charge on any atom is -0.489 e. The maximum atomic E-state index is 12.5. The summed E-state index contributed by atoms with van der Waals surface area (Å²) < 4.78 is 10.9. The molecule has 5 nitrogen and oxygen atoms in total. The van der Waals surface area contributed by atoms with E-state index in [0.29, 0.717) is 17.9 Å². The second-order valence-corrected chi connectivity index (χ2v) is 6.23. The molecule has 1 amide bonds. The number of hydrogen-bond acceptors (Lipinski definition) is 4. The molecule has 26 heavy (non-hydrogen) atoms. The Morgan fingerprint density at radius 3 is 2.62 bits per heavy atom. The van der Waals surface area contributed by atoms with E-state index in [-0.39, 0.29) is 11.9 Å². The summed E-state index contributed by atoms with van der Waals surface area (Å²) in [4.78, 5) is 12.5. The summed E-state index contributed by atoms with van der Waals surface area (Å²) >= 11 is 0. The maximum Gasteiger partial charge on any atom is 0.251 e. The van der Waals surface area contributed by atoms with Gasteiger partial charge in [-0.25, -0.2) is 0 Å². The molecule has 0 unspecified atom stereocenters. The highest BCUT2D eigenvalue weighted by molar-refractivity contribution is 5.94. The summed E-state index contributed by atoms with van der Waals surface area (Å²) in [6.45, 7) is 6.05. The van der Waals surface area contributed by atoms with E-state index in [1.165, 1.54) is 0 Å². The zero-order valence-electron chi connectivity index (χ0n) is 15.2. The Morgan fingerprint density at radius 2 is 1.92 bits per heavy atom. The predicted molar refractivity (Wildman–Crippen MR) is 99.1 cm³/mol. The minimum absolute atomic E-state index is 0.0735. The van der Waals surface area contributed by atoms with Crippen molar-refractivity contribution in [2.45, 2.75) is 33.4 Å². The number of carbonyl (C=O) groups is 1. The van der Waals surface area contributed by atoms with Crippen LogP contribution in [0.2, 0.25) is 0 Å². The monoisotopic (exact) mass is 350 g/mol.